The van der Waals surface area contributed by atoms with E-state index in [1.807, 2.05) is 0 Å². The summed E-state index contributed by atoms with van der Waals surface area (Å²) in [4.78, 5) is 3.32. The van der Waals surface area contributed by atoms with Crippen LogP contribution in [-0.2, 0) is 0 Å². The molecule has 1 rings (SSSR count). The fraction of sp³-hybridized carbons (Fsp3) is 0. The maximum absolute atomic E-state index is 8.69. The highest BCUT2D eigenvalue weighted by atomic mass is 79.9. The van der Waals surface area contributed by atoms with Crippen molar-refractivity contribution >= 4 is 15.9 Å². The number of aromatic hydroxyl groups is 2. The summed E-state index contributed by atoms with van der Waals surface area (Å²) in [6.45, 7) is 0. The van der Waals surface area contributed by atoms with E-state index >= 15 is 0 Å². The van der Waals surface area contributed by atoms with E-state index in [4.69, 9.17) is 10.2 Å². The Balaban J connectivity index is 3.17. The molecule has 0 amide bonds. The second kappa shape index (κ2) is 2.23. The molecule has 0 spiro atoms. The zero-order valence-corrected chi connectivity index (χ0v) is 5.96. The lowest BCUT2D eigenvalue weighted by Gasteiger charge is -1.92. The Labute approximate surface area is 60.1 Å². The van der Waals surface area contributed by atoms with Gasteiger partial charge in [0.1, 0.15) is 0 Å². The smallest absolute Gasteiger partial charge is 0.215 e. The van der Waals surface area contributed by atoms with Crippen LogP contribution in [-0.4, -0.2) is 15.2 Å². The van der Waals surface area contributed by atoms with E-state index in [0.29, 0.717) is 4.47 Å². The summed E-state index contributed by atoms with van der Waals surface area (Å²) in [5.41, 5.74) is 0. The van der Waals surface area contributed by atoms with Gasteiger partial charge in [0.15, 0.2) is 0 Å². The van der Waals surface area contributed by atoms with Gasteiger partial charge in [-0.05, 0) is 0 Å². The summed E-state index contributed by atoms with van der Waals surface area (Å²) in [5, 5.41) is 17.4. The van der Waals surface area contributed by atoms with Gasteiger partial charge in [-0.25, -0.2) is 0 Å². The Hall–Kier alpha value is -0.770. The van der Waals surface area contributed by atoms with Crippen LogP contribution in [0.1, 0.15) is 0 Å². The lowest BCUT2D eigenvalue weighted by atomic mass is 10.5. The van der Waals surface area contributed by atoms with E-state index in [1.54, 1.807) is 0 Å². The first-order chi connectivity index (χ1) is 4.18. The van der Waals surface area contributed by atoms with Crippen LogP contribution in [0.2, 0.25) is 0 Å². The van der Waals surface area contributed by atoms with Crippen molar-refractivity contribution in [3.8, 4) is 11.8 Å². The molecule has 0 aliphatic rings. The van der Waals surface area contributed by atoms with Crippen LogP contribution < -0.4 is 0 Å². The molecule has 2 N–H and O–H groups in total. The number of pyridine rings is 1. The van der Waals surface area contributed by atoms with Gasteiger partial charge in [-0.1, -0.05) is 15.9 Å². The Morgan fingerprint density at radius 1 is 1.22 bits per heavy atom. The van der Waals surface area contributed by atoms with Crippen LogP contribution in [0.5, 0.6) is 11.8 Å². The third kappa shape index (κ3) is 1.57. The van der Waals surface area contributed by atoms with Crippen molar-refractivity contribution in [2.45, 2.75) is 0 Å². The minimum absolute atomic E-state index is 0.193. The molecule has 0 aliphatic carbocycles. The van der Waals surface area contributed by atoms with Crippen LogP contribution in [0.3, 0.4) is 0 Å². The molecule has 0 aliphatic heterocycles. The van der Waals surface area contributed by atoms with Crippen molar-refractivity contribution in [1.29, 1.82) is 0 Å². The van der Waals surface area contributed by atoms with Crippen LogP contribution >= 0.6 is 15.9 Å². The average molecular weight is 190 g/mol. The topological polar surface area (TPSA) is 53.4 Å². The summed E-state index contributed by atoms with van der Waals surface area (Å²) in [5.74, 6) is -0.385. The van der Waals surface area contributed by atoms with Gasteiger partial charge in [0.2, 0.25) is 11.8 Å². The lowest BCUT2D eigenvalue weighted by molar-refractivity contribution is 0.412. The lowest BCUT2D eigenvalue weighted by Crippen LogP contribution is -1.73. The predicted octanol–water partition coefficient (Wildman–Crippen LogP) is 1.26. The molecule has 1 aromatic heterocycles. The SMILES string of the molecule is Oc1cc(Br)cc(O)n1. The Bertz CT molecular complexity index is 176. The van der Waals surface area contributed by atoms with E-state index in [0.717, 1.165) is 0 Å². The van der Waals surface area contributed by atoms with Crippen LogP contribution in [0.4, 0.5) is 0 Å². The van der Waals surface area contributed by atoms with Crippen molar-refractivity contribution in [3.05, 3.63) is 16.6 Å². The molecular weight excluding hydrogens is 186 g/mol. The number of halogens is 1. The zero-order valence-electron chi connectivity index (χ0n) is 4.37. The van der Waals surface area contributed by atoms with Gasteiger partial charge in [-0.2, -0.15) is 4.98 Å². The molecule has 48 valence electrons. The van der Waals surface area contributed by atoms with Gasteiger partial charge in [-0.3, -0.25) is 0 Å². The highest BCUT2D eigenvalue weighted by Gasteiger charge is 1.94. The molecule has 0 saturated heterocycles. The molecular formula is C5H4BrNO2. The quantitative estimate of drug-likeness (QED) is 0.647. The molecule has 3 nitrogen and oxygen atoms in total. The standard InChI is InChI=1S/C5H4BrNO2/c6-3-1-4(8)7-5(9)2-3/h1-2H,(H2,7,8,9). The van der Waals surface area contributed by atoms with Crippen molar-refractivity contribution in [2.75, 3.05) is 0 Å². The van der Waals surface area contributed by atoms with E-state index in [2.05, 4.69) is 20.9 Å². The Morgan fingerprint density at radius 3 is 2.00 bits per heavy atom. The van der Waals surface area contributed by atoms with E-state index in [-0.39, 0.29) is 11.8 Å². The summed E-state index contributed by atoms with van der Waals surface area (Å²) >= 11 is 3.05. The number of aromatic nitrogens is 1. The first kappa shape index (κ1) is 6.35. The molecule has 1 aromatic rings. The summed E-state index contributed by atoms with van der Waals surface area (Å²) in [6.07, 6.45) is 0. The number of hydrogen-bond donors (Lipinski definition) is 2. The predicted molar refractivity (Wildman–Crippen MR) is 35.3 cm³/mol. The van der Waals surface area contributed by atoms with Gasteiger partial charge in [0.05, 0.1) is 0 Å². The molecule has 1 heterocycles. The van der Waals surface area contributed by atoms with Gasteiger partial charge in [0.25, 0.3) is 0 Å². The van der Waals surface area contributed by atoms with Crippen molar-refractivity contribution in [3.63, 3.8) is 0 Å². The zero-order chi connectivity index (χ0) is 6.85. The van der Waals surface area contributed by atoms with Gasteiger partial charge >= 0.3 is 0 Å². The first-order valence-electron chi connectivity index (χ1n) is 2.24. The monoisotopic (exact) mass is 189 g/mol. The summed E-state index contributed by atoms with van der Waals surface area (Å²) in [6, 6.07) is 2.78. The third-order valence-electron chi connectivity index (χ3n) is 0.763. The largest absolute Gasteiger partial charge is 0.493 e. The molecule has 0 radical (unpaired) electrons. The third-order valence-corrected chi connectivity index (χ3v) is 1.22. The highest BCUT2D eigenvalue weighted by molar-refractivity contribution is 9.10. The number of hydrogen-bond acceptors (Lipinski definition) is 3. The highest BCUT2D eigenvalue weighted by Crippen LogP contribution is 2.19. The second-order valence-electron chi connectivity index (χ2n) is 1.50. The van der Waals surface area contributed by atoms with Crippen LogP contribution in [0.15, 0.2) is 16.6 Å². The minimum atomic E-state index is -0.193. The van der Waals surface area contributed by atoms with E-state index in [1.165, 1.54) is 12.1 Å². The van der Waals surface area contributed by atoms with Crippen molar-refractivity contribution in [2.24, 2.45) is 0 Å². The maximum Gasteiger partial charge on any atom is 0.215 e. The Morgan fingerprint density at radius 2 is 1.67 bits per heavy atom. The van der Waals surface area contributed by atoms with Gasteiger partial charge in [-0.15, -0.1) is 0 Å². The molecule has 0 saturated carbocycles. The van der Waals surface area contributed by atoms with Crippen molar-refractivity contribution in [1.82, 2.24) is 4.98 Å². The van der Waals surface area contributed by atoms with Gasteiger partial charge < -0.3 is 10.2 Å². The maximum atomic E-state index is 8.69. The number of nitrogens with zero attached hydrogens (tertiary/aromatic N) is 1. The van der Waals surface area contributed by atoms with E-state index in [9.17, 15) is 0 Å². The van der Waals surface area contributed by atoms with Crippen LogP contribution in [0.25, 0.3) is 0 Å². The summed E-state index contributed by atoms with van der Waals surface area (Å²) in [7, 11) is 0. The molecule has 0 bridgehead atoms. The van der Waals surface area contributed by atoms with Gasteiger partial charge in [0, 0.05) is 16.6 Å². The van der Waals surface area contributed by atoms with Crippen molar-refractivity contribution < 1.29 is 10.2 Å². The van der Waals surface area contributed by atoms with Crippen LogP contribution in [0, 0.1) is 0 Å². The fourth-order valence-corrected chi connectivity index (χ4v) is 0.880. The molecule has 0 atom stereocenters. The molecule has 0 aromatic carbocycles. The average Bonchev–Trinajstić information content (AvgIpc) is 1.59. The number of rotatable bonds is 0. The molecule has 9 heavy (non-hydrogen) atoms. The Kier molecular flexibility index (Phi) is 1.57. The molecule has 0 unspecified atom stereocenters. The summed E-state index contributed by atoms with van der Waals surface area (Å²) < 4.78 is 0.604. The normalized spacial score (nSPS) is 9.44. The minimum Gasteiger partial charge on any atom is -0.493 e. The molecule has 4 heteroatoms. The van der Waals surface area contributed by atoms with E-state index < -0.39 is 0 Å². The second-order valence-corrected chi connectivity index (χ2v) is 2.42. The molecule has 0 fully saturated rings. The first-order valence-corrected chi connectivity index (χ1v) is 3.03. The fourth-order valence-electron chi connectivity index (χ4n) is 0.470.